The molecule has 4 nitrogen and oxygen atoms in total. The van der Waals surface area contributed by atoms with Gasteiger partial charge in [0.1, 0.15) is 17.2 Å². The van der Waals surface area contributed by atoms with E-state index in [1.807, 2.05) is 42.5 Å². The van der Waals surface area contributed by atoms with Crippen LogP contribution in [-0.4, -0.2) is 37.3 Å². The molecule has 0 spiro atoms. The van der Waals surface area contributed by atoms with E-state index in [4.69, 9.17) is 9.47 Å². The van der Waals surface area contributed by atoms with Gasteiger partial charge in [-0.1, -0.05) is 48.9 Å². The molecule has 146 valence electrons. The van der Waals surface area contributed by atoms with Gasteiger partial charge < -0.3 is 14.6 Å². The van der Waals surface area contributed by atoms with Crippen molar-refractivity contribution < 1.29 is 14.6 Å². The van der Waals surface area contributed by atoms with Crippen molar-refractivity contribution in [2.75, 3.05) is 27.3 Å². The van der Waals surface area contributed by atoms with Crippen LogP contribution in [0.3, 0.4) is 0 Å². The van der Waals surface area contributed by atoms with E-state index in [2.05, 4.69) is 17.0 Å². The quantitative estimate of drug-likeness (QED) is 0.669. The van der Waals surface area contributed by atoms with Crippen molar-refractivity contribution in [1.29, 1.82) is 0 Å². The summed E-state index contributed by atoms with van der Waals surface area (Å²) in [6.45, 7) is 2.02. The summed E-state index contributed by atoms with van der Waals surface area (Å²) in [6.07, 6.45) is 3.61. The third kappa shape index (κ3) is 3.29. The smallest absolute Gasteiger partial charge is 0.128 e. The Hall–Kier alpha value is -2.72. The Morgan fingerprint density at radius 2 is 1.46 bits per heavy atom. The summed E-state index contributed by atoms with van der Waals surface area (Å²) >= 11 is 0. The van der Waals surface area contributed by atoms with Crippen LogP contribution in [0.5, 0.6) is 17.2 Å². The lowest BCUT2D eigenvalue weighted by atomic mass is 9.91. The third-order valence-electron chi connectivity index (χ3n) is 5.73. The lowest BCUT2D eigenvalue weighted by Crippen LogP contribution is -2.34. The third-order valence-corrected chi connectivity index (χ3v) is 5.73. The molecule has 3 aromatic carbocycles. The number of phenols is 1. The summed E-state index contributed by atoms with van der Waals surface area (Å²) in [7, 11) is 3.36. The molecule has 4 rings (SSSR count). The number of para-hydroxylation sites is 1. The summed E-state index contributed by atoms with van der Waals surface area (Å²) in [4.78, 5) is 2.46. The lowest BCUT2D eigenvalue weighted by molar-refractivity contribution is 0.182. The van der Waals surface area contributed by atoms with Gasteiger partial charge in [-0.25, -0.2) is 0 Å². The maximum absolute atomic E-state index is 11.3. The Kier molecular flexibility index (Phi) is 5.40. The second kappa shape index (κ2) is 8.11. The molecule has 1 N–H and O–H groups in total. The van der Waals surface area contributed by atoms with E-state index >= 15 is 0 Å². The van der Waals surface area contributed by atoms with Gasteiger partial charge in [0, 0.05) is 21.9 Å². The second-order valence-electron chi connectivity index (χ2n) is 7.30. The number of ether oxygens (including phenoxy) is 2. The molecule has 0 radical (unpaired) electrons. The van der Waals surface area contributed by atoms with Crippen LogP contribution in [-0.2, 0) is 0 Å². The fourth-order valence-corrected chi connectivity index (χ4v) is 4.36. The minimum Gasteiger partial charge on any atom is -0.507 e. The lowest BCUT2D eigenvalue weighted by Gasteiger charge is -2.36. The van der Waals surface area contributed by atoms with Gasteiger partial charge in [0.2, 0.25) is 0 Å². The number of fused-ring (bicyclic) bond motifs is 1. The number of rotatable bonds is 5. The average molecular weight is 377 g/mol. The molecule has 28 heavy (non-hydrogen) atoms. The first-order valence-electron chi connectivity index (χ1n) is 9.90. The highest BCUT2D eigenvalue weighted by Gasteiger charge is 2.29. The molecule has 3 aromatic rings. The molecule has 4 heteroatoms. The molecule has 1 atom stereocenters. The zero-order valence-electron chi connectivity index (χ0n) is 16.5. The van der Waals surface area contributed by atoms with Crippen molar-refractivity contribution in [3.63, 3.8) is 0 Å². The number of benzene rings is 3. The first-order valence-corrected chi connectivity index (χ1v) is 9.90. The summed E-state index contributed by atoms with van der Waals surface area (Å²) in [6, 6.07) is 17.9. The van der Waals surface area contributed by atoms with E-state index in [-0.39, 0.29) is 6.04 Å². The Balaban J connectivity index is 1.90. The monoisotopic (exact) mass is 377 g/mol. The van der Waals surface area contributed by atoms with E-state index in [9.17, 15) is 5.11 Å². The molecule has 0 saturated carbocycles. The molecular formula is C24H27NO3. The molecule has 1 aliphatic rings. The second-order valence-corrected chi connectivity index (χ2v) is 7.30. The van der Waals surface area contributed by atoms with Crippen molar-refractivity contribution in [3.8, 4) is 17.2 Å². The van der Waals surface area contributed by atoms with Crippen LogP contribution >= 0.6 is 0 Å². The topological polar surface area (TPSA) is 41.9 Å². The number of likely N-dealkylation sites (tertiary alicyclic amines) is 1. The number of methoxy groups -OCH3 is 2. The van der Waals surface area contributed by atoms with Gasteiger partial charge in [-0.05, 0) is 38.1 Å². The summed E-state index contributed by atoms with van der Waals surface area (Å²) in [5.41, 5.74) is 2.00. The summed E-state index contributed by atoms with van der Waals surface area (Å²) in [5, 5.41) is 13.0. The number of piperidine rings is 1. The van der Waals surface area contributed by atoms with Crippen molar-refractivity contribution in [3.05, 3.63) is 65.7 Å². The standard InChI is InChI=1S/C24H27NO3/c1-27-21-12-8-10-18-17(21)13-14-20(24(18)26)23(25-15-6-3-7-16-25)19-9-4-5-11-22(19)28-2/h4-5,8-14,23,26H,3,6-7,15-16H2,1-2H3/t23-/m0/s1. The highest BCUT2D eigenvalue weighted by atomic mass is 16.5. The van der Waals surface area contributed by atoms with E-state index < -0.39 is 0 Å². The van der Waals surface area contributed by atoms with Crippen molar-refractivity contribution in [1.82, 2.24) is 4.90 Å². The minimum atomic E-state index is -0.0490. The first-order chi connectivity index (χ1) is 13.7. The Labute approximate surface area is 166 Å². The van der Waals surface area contributed by atoms with Crippen LogP contribution in [0.1, 0.15) is 36.4 Å². The highest BCUT2D eigenvalue weighted by Crippen LogP contribution is 2.43. The average Bonchev–Trinajstić information content (AvgIpc) is 2.76. The normalized spacial score (nSPS) is 16.1. The molecule has 0 unspecified atom stereocenters. The van der Waals surface area contributed by atoms with E-state index in [1.54, 1.807) is 14.2 Å². The molecular weight excluding hydrogens is 350 g/mol. The van der Waals surface area contributed by atoms with Crippen LogP contribution in [0.15, 0.2) is 54.6 Å². The predicted octanol–water partition coefficient (Wildman–Crippen LogP) is 5.14. The van der Waals surface area contributed by atoms with Gasteiger partial charge in [-0.3, -0.25) is 4.90 Å². The zero-order chi connectivity index (χ0) is 19.5. The van der Waals surface area contributed by atoms with Crippen molar-refractivity contribution in [2.24, 2.45) is 0 Å². The fourth-order valence-electron chi connectivity index (χ4n) is 4.36. The number of hydrogen-bond donors (Lipinski definition) is 1. The van der Waals surface area contributed by atoms with E-state index in [0.717, 1.165) is 46.5 Å². The van der Waals surface area contributed by atoms with Crippen LogP contribution in [0.2, 0.25) is 0 Å². The van der Waals surface area contributed by atoms with Gasteiger partial charge >= 0.3 is 0 Å². The van der Waals surface area contributed by atoms with Crippen molar-refractivity contribution >= 4 is 10.8 Å². The van der Waals surface area contributed by atoms with Crippen LogP contribution in [0, 0.1) is 0 Å². The van der Waals surface area contributed by atoms with Gasteiger partial charge in [0.25, 0.3) is 0 Å². The SMILES string of the molecule is COc1ccccc1[C@@H](c1ccc2c(OC)cccc2c1O)N1CCCCC1. The number of phenolic OH excluding ortho intramolecular Hbond substituents is 1. The molecule has 1 heterocycles. The molecule has 0 amide bonds. The summed E-state index contributed by atoms with van der Waals surface area (Å²) in [5.74, 6) is 1.94. The van der Waals surface area contributed by atoms with Gasteiger partial charge in [0.15, 0.2) is 0 Å². The van der Waals surface area contributed by atoms with Crippen LogP contribution in [0.25, 0.3) is 10.8 Å². The zero-order valence-corrected chi connectivity index (χ0v) is 16.5. The fraction of sp³-hybridized carbons (Fsp3) is 0.333. The maximum Gasteiger partial charge on any atom is 0.128 e. The van der Waals surface area contributed by atoms with E-state index in [1.165, 1.54) is 19.3 Å². The first kappa shape index (κ1) is 18.6. The Morgan fingerprint density at radius 1 is 0.750 bits per heavy atom. The Bertz CT molecular complexity index is 963. The number of nitrogens with zero attached hydrogens (tertiary/aromatic N) is 1. The molecule has 0 aromatic heterocycles. The van der Waals surface area contributed by atoms with Gasteiger partial charge in [-0.2, -0.15) is 0 Å². The molecule has 1 fully saturated rings. The van der Waals surface area contributed by atoms with E-state index in [0.29, 0.717) is 5.75 Å². The van der Waals surface area contributed by atoms with Crippen LogP contribution in [0.4, 0.5) is 0 Å². The molecule has 0 aliphatic carbocycles. The largest absolute Gasteiger partial charge is 0.507 e. The van der Waals surface area contributed by atoms with Crippen LogP contribution < -0.4 is 9.47 Å². The summed E-state index contributed by atoms with van der Waals surface area (Å²) < 4.78 is 11.2. The number of hydrogen-bond acceptors (Lipinski definition) is 4. The molecule has 1 aliphatic heterocycles. The number of aromatic hydroxyl groups is 1. The highest BCUT2D eigenvalue weighted by molar-refractivity contribution is 5.94. The van der Waals surface area contributed by atoms with Gasteiger partial charge in [-0.15, -0.1) is 0 Å². The Morgan fingerprint density at radius 3 is 2.21 bits per heavy atom. The predicted molar refractivity (Wildman–Crippen MR) is 112 cm³/mol. The van der Waals surface area contributed by atoms with Gasteiger partial charge in [0.05, 0.1) is 20.3 Å². The van der Waals surface area contributed by atoms with Crippen molar-refractivity contribution in [2.45, 2.75) is 25.3 Å². The minimum absolute atomic E-state index is 0.0490. The molecule has 0 bridgehead atoms. The molecule has 1 saturated heterocycles. The maximum atomic E-state index is 11.3.